The largest absolute Gasteiger partial charge is 0.314 e. The molecule has 0 saturated carbocycles. The monoisotopic (exact) mass is 291 g/mol. The molecular weight excluding hydrogens is 274 g/mol. The highest BCUT2D eigenvalue weighted by Gasteiger charge is 2.23. The van der Waals surface area contributed by atoms with Gasteiger partial charge in [0.1, 0.15) is 0 Å². The number of nitrogens with zero attached hydrogens (tertiary/aromatic N) is 1. The predicted octanol–water partition coefficient (Wildman–Crippen LogP) is 1.40. The average Bonchev–Trinajstić information content (AvgIpc) is 2.48. The lowest BCUT2D eigenvalue weighted by atomic mass is 10.1. The molecule has 5 nitrogen and oxygen atoms in total. The molecule has 1 aliphatic rings. The SMILES string of the molecule is O=S(=O)(Nc1cccc2ccccc12)N1CCNCC1. The third-order valence-corrected chi connectivity index (χ3v) is 4.97. The van der Waals surface area contributed by atoms with Crippen LogP contribution < -0.4 is 10.0 Å². The van der Waals surface area contributed by atoms with Gasteiger partial charge in [-0.15, -0.1) is 0 Å². The molecule has 0 aliphatic carbocycles. The molecule has 1 aliphatic heterocycles. The van der Waals surface area contributed by atoms with Crippen LogP contribution in [0.25, 0.3) is 10.8 Å². The molecule has 0 aromatic heterocycles. The third-order valence-electron chi connectivity index (χ3n) is 3.44. The number of nitrogens with one attached hydrogen (secondary N) is 2. The van der Waals surface area contributed by atoms with Crippen LogP contribution in [0.15, 0.2) is 42.5 Å². The second-order valence-electron chi connectivity index (χ2n) is 4.78. The summed E-state index contributed by atoms with van der Waals surface area (Å²) < 4.78 is 29.0. The van der Waals surface area contributed by atoms with Crippen LogP contribution in [0.3, 0.4) is 0 Å². The van der Waals surface area contributed by atoms with Crippen LogP contribution >= 0.6 is 0 Å². The smallest absolute Gasteiger partial charge is 0.301 e. The van der Waals surface area contributed by atoms with Crippen LogP contribution in [-0.2, 0) is 10.2 Å². The minimum atomic E-state index is -3.48. The molecule has 2 aromatic rings. The van der Waals surface area contributed by atoms with Crippen molar-refractivity contribution in [1.29, 1.82) is 0 Å². The number of hydrogen-bond donors (Lipinski definition) is 2. The normalized spacial score (nSPS) is 17.2. The van der Waals surface area contributed by atoms with E-state index >= 15 is 0 Å². The van der Waals surface area contributed by atoms with Crippen LogP contribution in [0.5, 0.6) is 0 Å². The van der Waals surface area contributed by atoms with E-state index < -0.39 is 10.2 Å². The lowest BCUT2D eigenvalue weighted by Gasteiger charge is -2.27. The minimum Gasteiger partial charge on any atom is -0.314 e. The van der Waals surface area contributed by atoms with Crippen molar-refractivity contribution in [2.45, 2.75) is 0 Å². The molecule has 106 valence electrons. The van der Waals surface area contributed by atoms with Crippen molar-refractivity contribution in [3.05, 3.63) is 42.5 Å². The summed E-state index contributed by atoms with van der Waals surface area (Å²) in [4.78, 5) is 0. The van der Waals surface area contributed by atoms with Gasteiger partial charge in [0, 0.05) is 31.6 Å². The maximum Gasteiger partial charge on any atom is 0.301 e. The summed E-state index contributed by atoms with van der Waals surface area (Å²) >= 11 is 0. The van der Waals surface area contributed by atoms with E-state index in [4.69, 9.17) is 0 Å². The van der Waals surface area contributed by atoms with Crippen molar-refractivity contribution in [3.8, 4) is 0 Å². The maximum atomic E-state index is 12.4. The van der Waals surface area contributed by atoms with E-state index in [1.807, 2.05) is 36.4 Å². The fourth-order valence-corrected chi connectivity index (χ4v) is 3.65. The summed E-state index contributed by atoms with van der Waals surface area (Å²) in [5.74, 6) is 0. The van der Waals surface area contributed by atoms with Gasteiger partial charge in [-0.2, -0.15) is 12.7 Å². The number of anilines is 1. The Labute approximate surface area is 118 Å². The first-order valence-electron chi connectivity index (χ1n) is 6.63. The molecule has 1 saturated heterocycles. The number of benzene rings is 2. The highest BCUT2D eigenvalue weighted by Crippen LogP contribution is 2.24. The first kappa shape index (κ1) is 13.4. The van der Waals surface area contributed by atoms with Gasteiger partial charge in [0.05, 0.1) is 5.69 Å². The van der Waals surface area contributed by atoms with Crippen molar-refractivity contribution in [2.75, 3.05) is 30.9 Å². The zero-order chi connectivity index (χ0) is 14.0. The van der Waals surface area contributed by atoms with Crippen molar-refractivity contribution >= 4 is 26.7 Å². The van der Waals surface area contributed by atoms with Crippen molar-refractivity contribution in [2.24, 2.45) is 0 Å². The van der Waals surface area contributed by atoms with Crippen LogP contribution in [0.4, 0.5) is 5.69 Å². The van der Waals surface area contributed by atoms with Crippen LogP contribution in [0.2, 0.25) is 0 Å². The zero-order valence-corrected chi connectivity index (χ0v) is 11.9. The molecule has 0 bridgehead atoms. The Morgan fingerprint density at radius 1 is 1.00 bits per heavy atom. The van der Waals surface area contributed by atoms with E-state index in [-0.39, 0.29) is 0 Å². The molecular formula is C14H17N3O2S. The van der Waals surface area contributed by atoms with Gasteiger partial charge in [-0.1, -0.05) is 36.4 Å². The summed E-state index contributed by atoms with van der Waals surface area (Å²) in [5, 5.41) is 5.08. The van der Waals surface area contributed by atoms with Gasteiger partial charge in [-0.25, -0.2) is 0 Å². The quantitative estimate of drug-likeness (QED) is 0.898. The second-order valence-corrected chi connectivity index (χ2v) is 6.45. The average molecular weight is 291 g/mol. The van der Waals surface area contributed by atoms with E-state index in [0.717, 1.165) is 10.8 Å². The van der Waals surface area contributed by atoms with Gasteiger partial charge < -0.3 is 5.32 Å². The van der Waals surface area contributed by atoms with E-state index in [1.54, 1.807) is 6.07 Å². The molecule has 0 spiro atoms. The Kier molecular flexibility index (Phi) is 3.60. The number of rotatable bonds is 3. The second kappa shape index (κ2) is 5.40. The molecule has 20 heavy (non-hydrogen) atoms. The number of piperazine rings is 1. The molecule has 0 atom stereocenters. The molecule has 0 amide bonds. The molecule has 0 radical (unpaired) electrons. The molecule has 3 rings (SSSR count). The fraction of sp³-hybridized carbons (Fsp3) is 0.286. The van der Waals surface area contributed by atoms with Gasteiger partial charge >= 0.3 is 10.2 Å². The Morgan fingerprint density at radius 2 is 1.70 bits per heavy atom. The van der Waals surface area contributed by atoms with Crippen LogP contribution in [-0.4, -0.2) is 38.9 Å². The highest BCUT2D eigenvalue weighted by molar-refractivity contribution is 7.90. The number of fused-ring (bicyclic) bond motifs is 1. The molecule has 1 heterocycles. The van der Waals surface area contributed by atoms with Crippen molar-refractivity contribution < 1.29 is 8.42 Å². The van der Waals surface area contributed by atoms with E-state index in [1.165, 1.54) is 4.31 Å². The predicted molar refractivity (Wildman–Crippen MR) is 80.9 cm³/mol. The van der Waals surface area contributed by atoms with Crippen LogP contribution in [0, 0.1) is 0 Å². The Morgan fingerprint density at radius 3 is 2.50 bits per heavy atom. The van der Waals surface area contributed by atoms with Gasteiger partial charge in [0.25, 0.3) is 0 Å². The molecule has 1 fully saturated rings. The Bertz CT molecular complexity index is 704. The van der Waals surface area contributed by atoms with Gasteiger partial charge in [-0.3, -0.25) is 4.72 Å². The summed E-state index contributed by atoms with van der Waals surface area (Å²) in [5.41, 5.74) is 0.627. The lowest BCUT2D eigenvalue weighted by Crippen LogP contribution is -2.48. The van der Waals surface area contributed by atoms with Gasteiger partial charge in [0.15, 0.2) is 0 Å². The maximum absolute atomic E-state index is 12.4. The van der Waals surface area contributed by atoms with Crippen molar-refractivity contribution in [3.63, 3.8) is 0 Å². The summed E-state index contributed by atoms with van der Waals surface area (Å²) in [6, 6.07) is 13.4. The topological polar surface area (TPSA) is 61.4 Å². The third kappa shape index (κ3) is 2.63. The fourth-order valence-electron chi connectivity index (χ4n) is 2.40. The van der Waals surface area contributed by atoms with Crippen LogP contribution in [0.1, 0.15) is 0 Å². The first-order chi connectivity index (χ1) is 9.67. The van der Waals surface area contributed by atoms with E-state index in [9.17, 15) is 8.42 Å². The Balaban J connectivity index is 1.92. The zero-order valence-electron chi connectivity index (χ0n) is 11.0. The van der Waals surface area contributed by atoms with E-state index in [2.05, 4.69) is 10.0 Å². The highest BCUT2D eigenvalue weighted by atomic mass is 32.2. The van der Waals surface area contributed by atoms with E-state index in [0.29, 0.717) is 31.9 Å². The minimum absolute atomic E-state index is 0.500. The van der Waals surface area contributed by atoms with Gasteiger partial charge in [0.2, 0.25) is 0 Å². The first-order valence-corrected chi connectivity index (χ1v) is 8.07. The molecule has 0 unspecified atom stereocenters. The summed E-state index contributed by atoms with van der Waals surface area (Å²) in [6.45, 7) is 2.38. The Hall–Kier alpha value is -1.63. The lowest BCUT2D eigenvalue weighted by molar-refractivity contribution is 0.362. The summed E-state index contributed by atoms with van der Waals surface area (Å²) in [6.07, 6.45) is 0. The van der Waals surface area contributed by atoms with Crippen molar-refractivity contribution in [1.82, 2.24) is 9.62 Å². The molecule has 2 N–H and O–H groups in total. The molecule has 6 heteroatoms. The van der Waals surface area contributed by atoms with Gasteiger partial charge in [-0.05, 0) is 11.5 Å². The standard InChI is InChI=1S/C14H17N3O2S/c18-20(19,17-10-8-15-9-11-17)16-14-7-3-5-12-4-1-2-6-13(12)14/h1-7,15-16H,8-11H2. The molecule has 2 aromatic carbocycles. The number of hydrogen-bond acceptors (Lipinski definition) is 3. The summed E-state index contributed by atoms with van der Waals surface area (Å²) in [7, 11) is -3.48.